The van der Waals surface area contributed by atoms with Crippen LogP contribution in [0.4, 0.5) is 0 Å². The topological polar surface area (TPSA) is 29.1 Å². The zero-order valence-corrected chi connectivity index (χ0v) is 11.9. The molecule has 1 atom stereocenters. The number of benzene rings is 2. The fraction of sp³-hybridized carbons (Fsp3) is 0.235. The van der Waals surface area contributed by atoms with Crippen LogP contribution in [0, 0.1) is 0 Å². The lowest BCUT2D eigenvalue weighted by atomic mass is 9.87. The average Bonchev–Trinajstić information content (AvgIpc) is 2.48. The average molecular weight is 286 g/mol. The summed E-state index contributed by atoms with van der Waals surface area (Å²) in [5.74, 6) is -0.0385. The molecule has 20 heavy (non-hydrogen) atoms. The van der Waals surface area contributed by atoms with Gasteiger partial charge in [-0.05, 0) is 54.7 Å². The van der Waals surface area contributed by atoms with Crippen molar-refractivity contribution in [2.45, 2.75) is 25.3 Å². The van der Waals surface area contributed by atoms with E-state index in [1.54, 1.807) is 24.3 Å². The maximum absolute atomic E-state index is 12.3. The summed E-state index contributed by atoms with van der Waals surface area (Å²) in [4.78, 5) is 12.3. The summed E-state index contributed by atoms with van der Waals surface area (Å²) in [6.07, 6.45) is 3.21. The maximum Gasteiger partial charge on any atom is 0.251 e. The maximum atomic E-state index is 12.3. The number of carbonyl (C=O) groups is 1. The summed E-state index contributed by atoms with van der Waals surface area (Å²) >= 11 is 5.84. The quantitative estimate of drug-likeness (QED) is 0.882. The lowest BCUT2D eigenvalue weighted by Crippen LogP contribution is -2.30. The first-order valence-corrected chi connectivity index (χ1v) is 7.26. The van der Waals surface area contributed by atoms with E-state index in [2.05, 4.69) is 23.5 Å². The van der Waals surface area contributed by atoms with Crippen LogP contribution >= 0.6 is 11.6 Å². The molecule has 1 amide bonds. The van der Waals surface area contributed by atoms with Crippen LogP contribution in [0.3, 0.4) is 0 Å². The predicted octanol–water partition coefficient (Wildman–Crippen LogP) is 4.15. The van der Waals surface area contributed by atoms with Gasteiger partial charge in [0.05, 0.1) is 6.04 Å². The summed E-state index contributed by atoms with van der Waals surface area (Å²) in [5.41, 5.74) is 3.25. The molecule has 0 saturated heterocycles. The van der Waals surface area contributed by atoms with Crippen molar-refractivity contribution in [3.05, 3.63) is 70.2 Å². The van der Waals surface area contributed by atoms with E-state index in [4.69, 9.17) is 11.6 Å². The van der Waals surface area contributed by atoms with Crippen molar-refractivity contribution >= 4 is 17.5 Å². The third kappa shape index (κ3) is 2.70. The Hall–Kier alpha value is -1.80. The molecule has 1 aliphatic carbocycles. The van der Waals surface area contributed by atoms with Crippen LogP contribution in [0.15, 0.2) is 48.5 Å². The van der Waals surface area contributed by atoms with E-state index in [9.17, 15) is 4.79 Å². The molecule has 0 aromatic heterocycles. The van der Waals surface area contributed by atoms with E-state index >= 15 is 0 Å². The number of rotatable bonds is 2. The van der Waals surface area contributed by atoms with Crippen LogP contribution in [0.2, 0.25) is 5.02 Å². The van der Waals surface area contributed by atoms with Gasteiger partial charge in [-0.1, -0.05) is 35.9 Å². The zero-order valence-electron chi connectivity index (χ0n) is 11.1. The Morgan fingerprint density at radius 1 is 1.10 bits per heavy atom. The summed E-state index contributed by atoms with van der Waals surface area (Å²) in [6.45, 7) is 0. The first-order valence-electron chi connectivity index (χ1n) is 6.88. The number of carbonyl (C=O) groups excluding carboxylic acids is 1. The monoisotopic (exact) mass is 285 g/mol. The highest BCUT2D eigenvalue weighted by Crippen LogP contribution is 2.29. The normalized spacial score (nSPS) is 17.4. The fourth-order valence-electron chi connectivity index (χ4n) is 2.75. The van der Waals surface area contributed by atoms with Gasteiger partial charge in [0.25, 0.3) is 5.91 Å². The van der Waals surface area contributed by atoms with E-state index in [0.717, 1.165) is 19.3 Å². The molecule has 0 radical (unpaired) electrons. The van der Waals surface area contributed by atoms with Gasteiger partial charge in [0, 0.05) is 10.6 Å². The molecular formula is C17H16ClNO. The summed E-state index contributed by atoms with van der Waals surface area (Å²) in [5, 5.41) is 3.77. The second-order valence-electron chi connectivity index (χ2n) is 5.12. The SMILES string of the molecule is O=C(NC1CCCc2ccccc21)c1ccc(Cl)cc1. The number of halogens is 1. The van der Waals surface area contributed by atoms with E-state index < -0.39 is 0 Å². The first kappa shape index (κ1) is 13.2. The van der Waals surface area contributed by atoms with Crippen LogP contribution in [0.5, 0.6) is 0 Å². The molecular weight excluding hydrogens is 270 g/mol. The van der Waals surface area contributed by atoms with Crippen molar-refractivity contribution in [1.29, 1.82) is 0 Å². The molecule has 0 heterocycles. The first-order chi connectivity index (χ1) is 9.74. The fourth-order valence-corrected chi connectivity index (χ4v) is 2.87. The van der Waals surface area contributed by atoms with Gasteiger partial charge in [-0.2, -0.15) is 0 Å². The van der Waals surface area contributed by atoms with Gasteiger partial charge < -0.3 is 5.32 Å². The Balaban J connectivity index is 1.79. The van der Waals surface area contributed by atoms with Crippen molar-refractivity contribution in [3.63, 3.8) is 0 Å². The van der Waals surface area contributed by atoms with Crippen molar-refractivity contribution in [1.82, 2.24) is 5.32 Å². The van der Waals surface area contributed by atoms with Gasteiger partial charge in [-0.25, -0.2) is 0 Å². The van der Waals surface area contributed by atoms with Crippen molar-refractivity contribution in [2.24, 2.45) is 0 Å². The Kier molecular flexibility index (Phi) is 3.75. The van der Waals surface area contributed by atoms with Crippen LogP contribution in [0.1, 0.15) is 40.4 Å². The predicted molar refractivity (Wildman–Crippen MR) is 81.0 cm³/mol. The molecule has 1 N–H and O–H groups in total. The van der Waals surface area contributed by atoms with E-state index in [1.807, 2.05) is 6.07 Å². The molecule has 1 aliphatic rings. The van der Waals surface area contributed by atoms with Gasteiger partial charge in [0.15, 0.2) is 0 Å². The van der Waals surface area contributed by atoms with Crippen LogP contribution in [-0.4, -0.2) is 5.91 Å². The molecule has 2 aromatic rings. The number of hydrogen-bond donors (Lipinski definition) is 1. The summed E-state index contributed by atoms with van der Waals surface area (Å²) in [6, 6.07) is 15.5. The molecule has 2 aromatic carbocycles. The number of amides is 1. The van der Waals surface area contributed by atoms with Crippen molar-refractivity contribution in [3.8, 4) is 0 Å². The molecule has 102 valence electrons. The van der Waals surface area contributed by atoms with Crippen LogP contribution in [-0.2, 0) is 6.42 Å². The summed E-state index contributed by atoms with van der Waals surface area (Å²) < 4.78 is 0. The molecule has 3 heteroatoms. The second-order valence-corrected chi connectivity index (χ2v) is 5.56. The molecule has 0 bridgehead atoms. The Bertz CT molecular complexity index is 621. The Labute approximate surface area is 123 Å². The minimum absolute atomic E-state index is 0.0385. The smallest absolute Gasteiger partial charge is 0.251 e. The molecule has 0 saturated carbocycles. The minimum atomic E-state index is -0.0385. The highest BCUT2D eigenvalue weighted by Gasteiger charge is 2.21. The van der Waals surface area contributed by atoms with Gasteiger partial charge in [-0.3, -0.25) is 4.79 Å². The zero-order chi connectivity index (χ0) is 13.9. The van der Waals surface area contributed by atoms with Gasteiger partial charge in [-0.15, -0.1) is 0 Å². The number of fused-ring (bicyclic) bond motifs is 1. The second kappa shape index (κ2) is 5.68. The Morgan fingerprint density at radius 3 is 2.65 bits per heavy atom. The van der Waals surface area contributed by atoms with Crippen LogP contribution < -0.4 is 5.32 Å². The van der Waals surface area contributed by atoms with Gasteiger partial charge in [0.2, 0.25) is 0 Å². The lowest BCUT2D eigenvalue weighted by Gasteiger charge is -2.26. The minimum Gasteiger partial charge on any atom is -0.345 e. The van der Waals surface area contributed by atoms with Crippen molar-refractivity contribution in [2.75, 3.05) is 0 Å². The highest BCUT2D eigenvalue weighted by atomic mass is 35.5. The summed E-state index contributed by atoms with van der Waals surface area (Å²) in [7, 11) is 0. The largest absolute Gasteiger partial charge is 0.345 e. The molecule has 1 unspecified atom stereocenters. The third-order valence-corrected chi connectivity index (χ3v) is 4.03. The molecule has 0 fully saturated rings. The third-order valence-electron chi connectivity index (χ3n) is 3.78. The molecule has 2 nitrogen and oxygen atoms in total. The highest BCUT2D eigenvalue weighted by molar-refractivity contribution is 6.30. The molecule has 0 spiro atoms. The van der Waals surface area contributed by atoms with E-state index in [-0.39, 0.29) is 11.9 Å². The number of aryl methyl sites for hydroxylation is 1. The van der Waals surface area contributed by atoms with E-state index in [0.29, 0.717) is 10.6 Å². The standard InChI is InChI=1S/C17H16ClNO/c18-14-10-8-13(9-11-14)17(20)19-16-7-3-5-12-4-1-2-6-15(12)16/h1-2,4,6,8-11,16H,3,5,7H2,(H,19,20). The van der Waals surface area contributed by atoms with Gasteiger partial charge >= 0.3 is 0 Å². The molecule has 3 rings (SSSR count). The number of hydrogen-bond acceptors (Lipinski definition) is 1. The molecule has 0 aliphatic heterocycles. The van der Waals surface area contributed by atoms with Crippen LogP contribution in [0.25, 0.3) is 0 Å². The number of nitrogens with one attached hydrogen (secondary N) is 1. The van der Waals surface area contributed by atoms with Gasteiger partial charge in [0.1, 0.15) is 0 Å². The van der Waals surface area contributed by atoms with Crippen molar-refractivity contribution < 1.29 is 4.79 Å². The van der Waals surface area contributed by atoms with E-state index in [1.165, 1.54) is 11.1 Å². The Morgan fingerprint density at radius 2 is 1.85 bits per heavy atom. The lowest BCUT2D eigenvalue weighted by molar-refractivity contribution is 0.0933.